The summed E-state index contributed by atoms with van der Waals surface area (Å²) in [5.41, 5.74) is 0. The van der Waals surface area contributed by atoms with Gasteiger partial charge in [0.25, 0.3) is 0 Å². The molecule has 7 saturated heterocycles. The number of hydrogen-bond acceptors (Lipinski definition) is 17. The summed E-state index contributed by atoms with van der Waals surface area (Å²) in [6.07, 6.45) is -8.64. The quantitative estimate of drug-likeness (QED) is 0.110. The van der Waals surface area contributed by atoms with E-state index in [0.717, 1.165) is 6.42 Å². The smallest absolute Gasteiger partial charge is 0.184 e. The van der Waals surface area contributed by atoms with Gasteiger partial charge in [0, 0.05) is 168 Å². The number of hydrogen-bond donors (Lipinski definition) is 4. The van der Waals surface area contributed by atoms with Gasteiger partial charge in [-0.15, -0.1) is 0 Å². The second kappa shape index (κ2) is 33.1. The molecular formula is C59H106Ac3O17. The van der Waals surface area contributed by atoms with E-state index in [1.54, 1.807) is 0 Å². The van der Waals surface area contributed by atoms with Crippen LogP contribution in [0.4, 0.5) is 0 Å². The molecule has 7 rings (SSSR count). The predicted octanol–water partition coefficient (Wildman–Crippen LogP) is 7.82. The Bertz CT molecular complexity index is 1770. The maximum absolute atomic E-state index is 12.0. The van der Waals surface area contributed by atoms with Gasteiger partial charge in [-0.2, -0.15) is 0 Å². The third-order valence-electron chi connectivity index (χ3n) is 20.5. The zero-order chi connectivity index (χ0) is 55.9. The average Bonchev–Trinajstić information content (AvgIpc) is 3.40. The van der Waals surface area contributed by atoms with Crippen molar-refractivity contribution in [2.75, 3.05) is 6.61 Å². The normalized spacial score (nSPS) is 52.5. The van der Waals surface area contributed by atoms with Crippen molar-refractivity contribution in [3.05, 3.63) is 0 Å². The molecule has 7 aliphatic rings. The van der Waals surface area contributed by atoms with Crippen LogP contribution in [0.1, 0.15) is 157 Å². The van der Waals surface area contributed by atoms with Crippen LogP contribution in [0.5, 0.6) is 0 Å². The first-order chi connectivity index (χ1) is 35.9. The summed E-state index contributed by atoms with van der Waals surface area (Å²) in [6, 6.07) is 0. The molecular weight excluding hydrogens is 1660 g/mol. The number of aliphatic hydroxyl groups is 4. The summed E-state index contributed by atoms with van der Waals surface area (Å²) in [5.74, 6) is -0.528. The standard InChI is InChI=1S/C59H106O17.3Ac/c1-20-40-45(61)26(6)31(11)56(67-40)74-52-35(15)47(63)59(69-43(52)23-4)75-51-30(10)34(14)57(68-42(51)22-3)71-48-29(9)33(13)55(66-38(48)18)76-53-44(24-60)70-58(36(16)46(53)62)72-49-28(8)32(12)54(65-39(49)19)73-50-27(7)25(5)37(17)64-41(50)21-2;;;/h25-63H,20-24H2,1-19H3;;;/t25?,26?,27-,28?,29-,30-,31?,32?,33?,34?,35?,36?,37+,38?,39+,40?,41?,42?,43?,44?,45+,46?,47?,48-,49+,50-,51-,52+,53-,54-,55+,56-,57+,58-,59-;;;/m1.../s1. The van der Waals surface area contributed by atoms with Crippen LogP contribution >= 0.6 is 0 Å². The maximum atomic E-state index is 12.0. The van der Waals surface area contributed by atoms with Crippen LogP contribution in [-0.4, -0.2) is 169 Å². The number of ether oxygens (including phenoxy) is 13. The molecule has 0 aromatic rings. The zero-order valence-corrected chi connectivity index (χ0v) is 65.8. The second-order valence-electron chi connectivity index (χ2n) is 25.2. The van der Waals surface area contributed by atoms with Gasteiger partial charge in [0.05, 0.1) is 92.1 Å². The third-order valence-corrected chi connectivity index (χ3v) is 20.5. The summed E-state index contributed by atoms with van der Waals surface area (Å²) in [5, 5.41) is 45.3. The summed E-state index contributed by atoms with van der Waals surface area (Å²) in [7, 11) is 0. The van der Waals surface area contributed by atoms with Crippen LogP contribution in [0.2, 0.25) is 0 Å². The Morgan fingerprint density at radius 1 is 0.266 bits per heavy atom. The van der Waals surface area contributed by atoms with E-state index in [-0.39, 0.29) is 253 Å². The Labute approximate surface area is 583 Å². The molecule has 20 heteroatoms. The average molecular weight is 1770 g/mol. The molecule has 0 spiro atoms. The van der Waals surface area contributed by atoms with Crippen molar-refractivity contribution in [3.8, 4) is 0 Å². The molecule has 0 aromatic heterocycles. The molecule has 7 aliphatic heterocycles. The van der Waals surface area contributed by atoms with E-state index in [2.05, 4.69) is 76.2 Å². The number of rotatable bonds is 17. The van der Waals surface area contributed by atoms with Crippen molar-refractivity contribution in [2.45, 2.75) is 299 Å². The van der Waals surface area contributed by atoms with Crippen LogP contribution in [0, 0.1) is 203 Å². The minimum atomic E-state index is -1.03. The van der Waals surface area contributed by atoms with Crippen molar-refractivity contribution in [1.29, 1.82) is 0 Å². The van der Waals surface area contributed by atoms with Gasteiger partial charge < -0.3 is 82.0 Å². The van der Waals surface area contributed by atoms with E-state index in [4.69, 9.17) is 61.6 Å². The predicted molar refractivity (Wildman–Crippen MR) is 283 cm³/mol. The second-order valence-corrected chi connectivity index (χ2v) is 25.2. The van der Waals surface area contributed by atoms with Gasteiger partial charge in [0.15, 0.2) is 37.7 Å². The molecule has 17 unspecified atom stereocenters. The van der Waals surface area contributed by atoms with Crippen LogP contribution in [-0.2, 0) is 61.6 Å². The van der Waals surface area contributed by atoms with Crippen LogP contribution < -0.4 is 0 Å². The monoisotopic (exact) mass is 1770 g/mol. The van der Waals surface area contributed by atoms with Crippen LogP contribution in [0.25, 0.3) is 0 Å². The van der Waals surface area contributed by atoms with Gasteiger partial charge in [-0.25, -0.2) is 0 Å². The fourth-order valence-electron chi connectivity index (χ4n) is 13.6. The molecule has 7 fully saturated rings. The van der Waals surface area contributed by atoms with E-state index in [0.29, 0.717) is 31.1 Å². The summed E-state index contributed by atoms with van der Waals surface area (Å²) >= 11 is 0. The molecule has 4 N–H and O–H groups in total. The van der Waals surface area contributed by atoms with Gasteiger partial charge in [0.1, 0.15) is 18.3 Å². The molecule has 0 saturated carbocycles. The molecule has 35 atom stereocenters. The first-order valence-electron chi connectivity index (χ1n) is 30.1. The van der Waals surface area contributed by atoms with E-state index >= 15 is 0 Å². The van der Waals surface area contributed by atoms with E-state index in [1.165, 1.54) is 0 Å². The molecule has 3 radical (unpaired) electrons. The first-order valence-corrected chi connectivity index (χ1v) is 30.1. The van der Waals surface area contributed by atoms with E-state index < -0.39 is 86.4 Å². The molecule has 0 aliphatic carbocycles. The van der Waals surface area contributed by atoms with Crippen molar-refractivity contribution in [1.82, 2.24) is 0 Å². The van der Waals surface area contributed by atoms with Gasteiger partial charge in [-0.05, 0) is 82.0 Å². The molecule has 17 nitrogen and oxygen atoms in total. The van der Waals surface area contributed by atoms with E-state index in [1.807, 2.05) is 55.4 Å². The SMILES string of the molecule is CCC1O[C@H](O[C@@H]2C(CC)O[C@H](O[C@H]3C(CC)O[C@@H](O[C@H]4C(C)O[C@@H](O[C@@H]5C(CO)O[C@H](O[C@H]6C(C)C(C)[C@@H](O[C@H]7C(CC)O[C@@H](C)C(C)[C@H]7C)O[C@H]6C)C(C)C5O)C(C)[C@H]4C)C(C)[C@H]3C)C(O)C2C)C(C)C(C)[C@@H]1O.[Ac].[Ac].[Ac]. The fraction of sp³-hybridized carbons (Fsp3) is 1.00. The summed E-state index contributed by atoms with van der Waals surface area (Å²) in [6.45, 7) is 39.1. The van der Waals surface area contributed by atoms with Gasteiger partial charge in [-0.1, -0.05) is 111 Å². The molecule has 79 heavy (non-hydrogen) atoms. The molecule has 7 heterocycles. The minimum absolute atomic E-state index is 0. The zero-order valence-electron chi connectivity index (χ0n) is 51.6. The fourth-order valence-corrected chi connectivity index (χ4v) is 13.6. The van der Waals surface area contributed by atoms with Crippen LogP contribution in [0.15, 0.2) is 0 Å². The minimum Gasteiger partial charge on any atom is -0.394 e. The third kappa shape index (κ3) is 16.4. The Hall–Kier alpha value is 3.64. The van der Waals surface area contributed by atoms with Crippen molar-refractivity contribution in [2.24, 2.45) is 71.0 Å². The molecule has 0 amide bonds. The molecule has 0 bridgehead atoms. The Balaban J connectivity index is 0.00000448. The molecule has 0 aromatic carbocycles. The Morgan fingerprint density at radius 2 is 0.582 bits per heavy atom. The summed E-state index contributed by atoms with van der Waals surface area (Å²) < 4.78 is 86.4. The Kier molecular flexibility index (Phi) is 31.5. The van der Waals surface area contributed by atoms with Gasteiger partial charge in [0.2, 0.25) is 0 Å². The van der Waals surface area contributed by atoms with Gasteiger partial charge >= 0.3 is 0 Å². The van der Waals surface area contributed by atoms with Crippen molar-refractivity contribution in [3.63, 3.8) is 0 Å². The van der Waals surface area contributed by atoms with E-state index in [9.17, 15) is 20.4 Å². The maximum Gasteiger partial charge on any atom is 0.184 e. The van der Waals surface area contributed by atoms with Gasteiger partial charge in [-0.3, -0.25) is 0 Å². The number of aliphatic hydroxyl groups excluding tert-OH is 4. The summed E-state index contributed by atoms with van der Waals surface area (Å²) in [4.78, 5) is 0. The van der Waals surface area contributed by atoms with Crippen molar-refractivity contribution >= 4 is 0 Å². The Morgan fingerprint density at radius 3 is 1.04 bits per heavy atom. The first kappa shape index (κ1) is 75.1. The van der Waals surface area contributed by atoms with Crippen LogP contribution in [0.3, 0.4) is 0 Å². The largest absolute Gasteiger partial charge is 0.394 e. The molecule has 453 valence electrons. The topological polar surface area (TPSA) is 201 Å². The van der Waals surface area contributed by atoms with Crippen molar-refractivity contribution < 1.29 is 214 Å².